The van der Waals surface area contributed by atoms with Gasteiger partial charge in [-0.15, -0.1) is 0 Å². The summed E-state index contributed by atoms with van der Waals surface area (Å²) in [4.78, 5) is 10.6. The number of carboxylic acids is 1. The van der Waals surface area contributed by atoms with Gasteiger partial charge in [-0.3, -0.25) is 4.79 Å². The monoisotopic (exact) mass is 237 g/mol. The minimum Gasteiger partial charge on any atom is -0.480 e. The number of nitrogens with zero attached hydrogens (tertiary/aromatic N) is 1. The molecular weight excluding hydrogens is 218 g/mol. The van der Waals surface area contributed by atoms with Gasteiger partial charge in [-0.05, 0) is 27.2 Å². The molecule has 0 aromatic carbocycles. The molecule has 15 heavy (non-hydrogen) atoms. The number of carboxylic acid groups (broad SMARTS) is 1. The van der Waals surface area contributed by atoms with E-state index in [1.165, 1.54) is 0 Å². The van der Waals surface area contributed by atoms with Gasteiger partial charge in [0.2, 0.25) is 10.0 Å². The van der Waals surface area contributed by atoms with E-state index in [4.69, 9.17) is 5.11 Å². The van der Waals surface area contributed by atoms with Gasteiger partial charge < -0.3 is 5.11 Å². The van der Waals surface area contributed by atoms with Crippen LogP contribution in [0.1, 0.15) is 34.1 Å². The Kier molecular flexibility index (Phi) is 4.73. The Morgan fingerprint density at radius 1 is 1.33 bits per heavy atom. The third kappa shape index (κ3) is 3.79. The highest BCUT2D eigenvalue weighted by atomic mass is 32.2. The lowest BCUT2D eigenvalue weighted by atomic mass is 10.3. The van der Waals surface area contributed by atoms with E-state index in [1.807, 2.05) is 6.92 Å². The fourth-order valence-electron chi connectivity index (χ4n) is 1.07. The van der Waals surface area contributed by atoms with Gasteiger partial charge in [-0.2, -0.15) is 4.31 Å². The van der Waals surface area contributed by atoms with Crippen LogP contribution in [0.3, 0.4) is 0 Å². The summed E-state index contributed by atoms with van der Waals surface area (Å²) >= 11 is 0. The molecule has 1 N–H and O–H groups in total. The van der Waals surface area contributed by atoms with Crippen molar-refractivity contribution in [1.29, 1.82) is 0 Å². The molecule has 0 amide bonds. The van der Waals surface area contributed by atoms with Gasteiger partial charge in [0.1, 0.15) is 6.54 Å². The van der Waals surface area contributed by atoms with E-state index >= 15 is 0 Å². The maximum Gasteiger partial charge on any atom is 0.318 e. The van der Waals surface area contributed by atoms with Crippen LogP contribution >= 0.6 is 0 Å². The molecule has 0 fully saturated rings. The normalized spacial score (nSPS) is 13.1. The summed E-state index contributed by atoms with van der Waals surface area (Å²) < 4.78 is 23.9. The summed E-state index contributed by atoms with van der Waals surface area (Å²) in [6, 6.07) is 0. The van der Waals surface area contributed by atoms with Crippen molar-refractivity contribution >= 4 is 16.0 Å². The van der Waals surface area contributed by atoms with Gasteiger partial charge in [-0.25, -0.2) is 8.42 Å². The molecule has 0 aliphatic rings. The summed E-state index contributed by atoms with van der Waals surface area (Å²) in [7, 11) is -3.54. The Labute approximate surface area is 91.1 Å². The summed E-state index contributed by atoms with van der Waals surface area (Å²) in [6.07, 6.45) is 0.600. The van der Waals surface area contributed by atoms with E-state index in [-0.39, 0.29) is 6.54 Å². The third-order valence-electron chi connectivity index (χ3n) is 1.90. The Hall–Kier alpha value is -0.620. The lowest BCUT2D eigenvalue weighted by Gasteiger charge is -2.28. The molecule has 0 aliphatic carbocycles. The van der Waals surface area contributed by atoms with Crippen molar-refractivity contribution in [1.82, 2.24) is 4.31 Å². The Bertz CT molecular complexity index is 315. The smallest absolute Gasteiger partial charge is 0.318 e. The topological polar surface area (TPSA) is 74.7 Å². The van der Waals surface area contributed by atoms with E-state index in [1.54, 1.807) is 20.8 Å². The molecule has 0 aliphatic heterocycles. The minimum absolute atomic E-state index is 0.242. The van der Waals surface area contributed by atoms with Crippen LogP contribution in [0.15, 0.2) is 0 Å². The van der Waals surface area contributed by atoms with Gasteiger partial charge in [0.05, 0.1) is 4.75 Å². The van der Waals surface area contributed by atoms with Gasteiger partial charge in [0, 0.05) is 6.54 Å². The quantitative estimate of drug-likeness (QED) is 0.771. The van der Waals surface area contributed by atoms with Crippen LogP contribution in [-0.4, -0.2) is 41.6 Å². The first-order valence-corrected chi connectivity index (χ1v) is 6.28. The second-order valence-corrected chi connectivity index (χ2v) is 7.04. The highest BCUT2D eigenvalue weighted by Crippen LogP contribution is 2.20. The minimum atomic E-state index is -3.54. The van der Waals surface area contributed by atoms with Crippen LogP contribution in [0.4, 0.5) is 0 Å². The zero-order valence-corrected chi connectivity index (χ0v) is 10.5. The van der Waals surface area contributed by atoms with Gasteiger partial charge in [0.15, 0.2) is 0 Å². The Balaban J connectivity index is 5.00. The summed E-state index contributed by atoms with van der Waals surface area (Å²) in [5.41, 5.74) is 0. The van der Waals surface area contributed by atoms with Crippen molar-refractivity contribution in [2.24, 2.45) is 0 Å². The maximum absolute atomic E-state index is 11.9. The van der Waals surface area contributed by atoms with Crippen molar-refractivity contribution < 1.29 is 18.3 Å². The van der Waals surface area contributed by atoms with Crippen LogP contribution in [0.25, 0.3) is 0 Å². The molecule has 0 spiro atoms. The van der Waals surface area contributed by atoms with Crippen molar-refractivity contribution in [2.45, 2.75) is 38.9 Å². The zero-order chi connectivity index (χ0) is 12.3. The van der Waals surface area contributed by atoms with Crippen molar-refractivity contribution in [3.05, 3.63) is 0 Å². The van der Waals surface area contributed by atoms with E-state index in [0.29, 0.717) is 6.42 Å². The lowest BCUT2D eigenvalue weighted by Crippen LogP contribution is -2.45. The van der Waals surface area contributed by atoms with Gasteiger partial charge >= 0.3 is 5.97 Å². The van der Waals surface area contributed by atoms with Crippen LogP contribution in [-0.2, 0) is 14.8 Å². The molecule has 0 heterocycles. The highest BCUT2D eigenvalue weighted by Gasteiger charge is 2.35. The average Bonchev–Trinajstić information content (AvgIpc) is 2.00. The molecule has 0 saturated heterocycles. The summed E-state index contributed by atoms with van der Waals surface area (Å²) in [5.74, 6) is -1.13. The van der Waals surface area contributed by atoms with Crippen molar-refractivity contribution in [2.75, 3.05) is 13.1 Å². The number of hydrogen-bond acceptors (Lipinski definition) is 3. The summed E-state index contributed by atoms with van der Waals surface area (Å²) in [6.45, 7) is 6.28. The standard InChI is InChI=1S/C9H19NO4S/c1-5-6-10(7-8(11)12)15(13,14)9(2,3)4/h5-7H2,1-4H3,(H,11,12). The lowest BCUT2D eigenvalue weighted by molar-refractivity contribution is -0.137. The number of sulfonamides is 1. The van der Waals surface area contributed by atoms with Crippen LogP contribution in [0.5, 0.6) is 0 Å². The van der Waals surface area contributed by atoms with E-state index in [0.717, 1.165) is 4.31 Å². The highest BCUT2D eigenvalue weighted by molar-refractivity contribution is 7.90. The maximum atomic E-state index is 11.9. The molecule has 5 nitrogen and oxygen atoms in total. The van der Waals surface area contributed by atoms with Crippen LogP contribution in [0, 0.1) is 0 Å². The molecular formula is C9H19NO4S. The largest absolute Gasteiger partial charge is 0.480 e. The van der Waals surface area contributed by atoms with Gasteiger partial charge in [-0.1, -0.05) is 6.92 Å². The Morgan fingerprint density at radius 3 is 2.07 bits per heavy atom. The molecule has 0 radical (unpaired) electrons. The SMILES string of the molecule is CCCN(CC(=O)O)S(=O)(=O)C(C)(C)C. The number of carbonyl (C=O) groups is 1. The number of hydrogen-bond donors (Lipinski definition) is 1. The predicted octanol–water partition coefficient (Wildman–Crippen LogP) is 0.911. The molecule has 0 saturated carbocycles. The molecule has 6 heteroatoms. The van der Waals surface area contributed by atoms with E-state index in [2.05, 4.69) is 0 Å². The van der Waals surface area contributed by atoms with Crippen molar-refractivity contribution in [3.8, 4) is 0 Å². The third-order valence-corrected chi connectivity index (χ3v) is 4.44. The van der Waals surface area contributed by atoms with Crippen LogP contribution < -0.4 is 0 Å². The molecule has 0 rings (SSSR count). The fourth-order valence-corrected chi connectivity index (χ4v) is 2.55. The molecule has 0 aromatic heterocycles. The average molecular weight is 237 g/mol. The van der Waals surface area contributed by atoms with Gasteiger partial charge in [0.25, 0.3) is 0 Å². The first-order valence-electron chi connectivity index (χ1n) is 4.84. The first kappa shape index (κ1) is 14.4. The van der Waals surface area contributed by atoms with Crippen molar-refractivity contribution in [3.63, 3.8) is 0 Å². The van der Waals surface area contributed by atoms with E-state index < -0.39 is 27.3 Å². The zero-order valence-electron chi connectivity index (χ0n) is 9.65. The van der Waals surface area contributed by atoms with Crippen LogP contribution in [0.2, 0.25) is 0 Å². The molecule has 0 aromatic rings. The van der Waals surface area contributed by atoms with E-state index in [9.17, 15) is 13.2 Å². The molecule has 0 bridgehead atoms. The fraction of sp³-hybridized carbons (Fsp3) is 0.889. The molecule has 0 atom stereocenters. The summed E-state index contributed by atoms with van der Waals surface area (Å²) in [5, 5.41) is 8.63. The second-order valence-electron chi connectivity index (χ2n) is 4.34. The Morgan fingerprint density at radius 2 is 1.80 bits per heavy atom. The first-order chi connectivity index (χ1) is 6.63. The second kappa shape index (κ2) is 4.94. The number of aliphatic carboxylic acids is 1. The molecule has 0 unspecified atom stereocenters. The molecule has 90 valence electrons. The number of rotatable bonds is 5. The predicted molar refractivity (Wildman–Crippen MR) is 58.2 cm³/mol.